The first-order chi connectivity index (χ1) is 12.5. The zero-order valence-corrected chi connectivity index (χ0v) is 15.4. The van der Waals surface area contributed by atoms with E-state index in [0.29, 0.717) is 31.1 Å². The van der Waals surface area contributed by atoms with Crippen molar-refractivity contribution in [2.75, 3.05) is 18.8 Å². The smallest absolute Gasteiger partial charge is 0.246 e. The second kappa shape index (κ2) is 7.96. The Bertz CT molecular complexity index is 851. The molecule has 1 unspecified atom stereocenters. The van der Waals surface area contributed by atoms with Gasteiger partial charge in [0.15, 0.2) is 0 Å². The standard InChI is InChI=1S/C17H22N4O4S/c1-2-26(23,24)21-10-6-9-14(12-21)17(22)18-11-15-19-16(20-25-15)13-7-4-3-5-8-13/h3-5,7-8,14H,2,6,9-12H2,1H3,(H,18,22). The van der Waals surface area contributed by atoms with Gasteiger partial charge in [0.05, 0.1) is 18.2 Å². The van der Waals surface area contributed by atoms with Gasteiger partial charge in [-0.2, -0.15) is 4.98 Å². The van der Waals surface area contributed by atoms with Gasteiger partial charge in [0.1, 0.15) is 0 Å². The highest BCUT2D eigenvalue weighted by molar-refractivity contribution is 7.89. The SMILES string of the molecule is CCS(=O)(=O)N1CCCC(C(=O)NCc2nc(-c3ccccc3)no2)C1. The number of aromatic nitrogens is 2. The van der Waals surface area contributed by atoms with Crippen LogP contribution >= 0.6 is 0 Å². The van der Waals surface area contributed by atoms with E-state index in [0.717, 1.165) is 5.56 Å². The molecule has 1 aliphatic heterocycles. The zero-order valence-electron chi connectivity index (χ0n) is 14.6. The van der Waals surface area contributed by atoms with Gasteiger partial charge in [-0.05, 0) is 19.8 Å². The van der Waals surface area contributed by atoms with Gasteiger partial charge in [0.25, 0.3) is 0 Å². The molecule has 0 saturated carbocycles. The number of hydrogen-bond donors (Lipinski definition) is 1. The Balaban J connectivity index is 1.57. The summed E-state index contributed by atoms with van der Waals surface area (Å²) in [4.78, 5) is 16.7. The molecule has 0 aliphatic carbocycles. The number of amides is 1. The van der Waals surface area contributed by atoms with Crippen molar-refractivity contribution in [3.63, 3.8) is 0 Å². The van der Waals surface area contributed by atoms with Crippen molar-refractivity contribution in [1.29, 1.82) is 0 Å². The minimum absolute atomic E-state index is 0.0472. The third kappa shape index (κ3) is 4.28. The van der Waals surface area contributed by atoms with Crippen molar-refractivity contribution in [2.45, 2.75) is 26.3 Å². The summed E-state index contributed by atoms with van der Waals surface area (Å²) in [5, 5.41) is 6.67. The van der Waals surface area contributed by atoms with E-state index < -0.39 is 10.0 Å². The molecule has 9 heteroatoms. The average molecular weight is 378 g/mol. The fraction of sp³-hybridized carbons (Fsp3) is 0.471. The average Bonchev–Trinajstić information content (AvgIpc) is 3.16. The van der Waals surface area contributed by atoms with Crippen LogP contribution in [0.5, 0.6) is 0 Å². The highest BCUT2D eigenvalue weighted by Gasteiger charge is 2.31. The first-order valence-corrected chi connectivity index (χ1v) is 10.2. The Labute approximate surface area is 152 Å². The Hall–Kier alpha value is -2.26. The number of rotatable bonds is 6. The van der Waals surface area contributed by atoms with Crippen molar-refractivity contribution in [2.24, 2.45) is 5.92 Å². The van der Waals surface area contributed by atoms with Crippen LogP contribution in [-0.4, -0.2) is 47.6 Å². The van der Waals surface area contributed by atoms with Crippen molar-refractivity contribution < 1.29 is 17.7 Å². The Morgan fingerprint density at radius 1 is 1.35 bits per heavy atom. The number of sulfonamides is 1. The summed E-state index contributed by atoms with van der Waals surface area (Å²) >= 11 is 0. The van der Waals surface area contributed by atoms with E-state index in [1.165, 1.54) is 4.31 Å². The maximum atomic E-state index is 12.4. The Morgan fingerprint density at radius 3 is 2.85 bits per heavy atom. The van der Waals surface area contributed by atoms with E-state index in [4.69, 9.17) is 4.52 Å². The van der Waals surface area contributed by atoms with Crippen LogP contribution in [0.3, 0.4) is 0 Å². The molecule has 0 radical (unpaired) electrons. The zero-order chi connectivity index (χ0) is 18.6. The van der Waals surface area contributed by atoms with E-state index >= 15 is 0 Å². The molecule has 0 bridgehead atoms. The molecule has 26 heavy (non-hydrogen) atoms. The molecule has 3 rings (SSSR count). The third-order valence-corrected chi connectivity index (χ3v) is 6.28. The van der Waals surface area contributed by atoms with Gasteiger partial charge in [-0.25, -0.2) is 12.7 Å². The summed E-state index contributed by atoms with van der Waals surface area (Å²) in [6.07, 6.45) is 1.34. The predicted octanol–water partition coefficient (Wildman–Crippen LogP) is 1.41. The molecule has 1 fully saturated rings. The maximum Gasteiger partial charge on any atom is 0.246 e. The fourth-order valence-corrected chi connectivity index (χ4v) is 4.11. The number of nitrogens with one attached hydrogen (secondary N) is 1. The van der Waals surface area contributed by atoms with Crippen molar-refractivity contribution >= 4 is 15.9 Å². The second-order valence-corrected chi connectivity index (χ2v) is 8.45. The van der Waals surface area contributed by atoms with Crippen LogP contribution < -0.4 is 5.32 Å². The van der Waals surface area contributed by atoms with Crippen molar-refractivity contribution in [3.8, 4) is 11.4 Å². The lowest BCUT2D eigenvalue weighted by Crippen LogP contribution is -2.45. The lowest BCUT2D eigenvalue weighted by molar-refractivity contribution is -0.126. The molecular weight excluding hydrogens is 356 g/mol. The largest absolute Gasteiger partial charge is 0.347 e. The molecule has 1 aromatic carbocycles. The normalized spacial score (nSPS) is 18.6. The van der Waals surface area contributed by atoms with Crippen molar-refractivity contribution in [1.82, 2.24) is 19.8 Å². The molecule has 1 N–H and O–H groups in total. The van der Waals surface area contributed by atoms with Gasteiger partial charge in [-0.1, -0.05) is 35.5 Å². The first-order valence-electron chi connectivity index (χ1n) is 8.63. The van der Waals surface area contributed by atoms with Crippen molar-refractivity contribution in [3.05, 3.63) is 36.2 Å². The molecule has 2 heterocycles. The third-order valence-electron chi connectivity index (χ3n) is 4.43. The summed E-state index contributed by atoms with van der Waals surface area (Å²) in [6.45, 7) is 2.43. The van der Waals surface area contributed by atoms with Gasteiger partial charge in [-0.15, -0.1) is 0 Å². The van der Waals surface area contributed by atoms with E-state index in [1.807, 2.05) is 30.3 Å². The van der Waals surface area contributed by atoms with Crippen LogP contribution in [0.25, 0.3) is 11.4 Å². The van der Waals surface area contributed by atoms with E-state index in [9.17, 15) is 13.2 Å². The summed E-state index contributed by atoms with van der Waals surface area (Å²) in [5.41, 5.74) is 0.835. The highest BCUT2D eigenvalue weighted by Crippen LogP contribution is 2.20. The summed E-state index contributed by atoms with van der Waals surface area (Å²) < 4.78 is 30.6. The first kappa shape index (κ1) is 18.5. The van der Waals surface area contributed by atoms with Crippen LogP contribution in [0.4, 0.5) is 0 Å². The number of carbonyl (C=O) groups is 1. The topological polar surface area (TPSA) is 105 Å². The molecule has 1 atom stereocenters. The fourth-order valence-electron chi connectivity index (χ4n) is 2.93. The van der Waals surface area contributed by atoms with E-state index in [-0.39, 0.29) is 30.7 Å². The number of piperidine rings is 1. The number of nitrogens with zero attached hydrogens (tertiary/aromatic N) is 3. The van der Waals surface area contributed by atoms with Crippen LogP contribution in [0, 0.1) is 5.92 Å². The highest BCUT2D eigenvalue weighted by atomic mass is 32.2. The van der Waals surface area contributed by atoms with Crippen LogP contribution in [0.2, 0.25) is 0 Å². The molecule has 2 aromatic rings. The minimum atomic E-state index is -3.27. The molecule has 1 amide bonds. The number of carbonyl (C=O) groups excluding carboxylic acids is 1. The quantitative estimate of drug-likeness (QED) is 0.815. The summed E-state index contributed by atoms with van der Waals surface area (Å²) in [7, 11) is -3.27. The van der Waals surface area contributed by atoms with Gasteiger partial charge in [-0.3, -0.25) is 4.79 Å². The van der Waals surface area contributed by atoms with Gasteiger partial charge < -0.3 is 9.84 Å². The lowest BCUT2D eigenvalue weighted by Gasteiger charge is -2.30. The van der Waals surface area contributed by atoms with Gasteiger partial charge in [0, 0.05) is 18.7 Å². The second-order valence-electron chi connectivity index (χ2n) is 6.19. The molecule has 8 nitrogen and oxygen atoms in total. The molecule has 0 spiro atoms. The number of benzene rings is 1. The maximum absolute atomic E-state index is 12.4. The van der Waals surface area contributed by atoms with E-state index in [2.05, 4.69) is 15.5 Å². The van der Waals surface area contributed by atoms with E-state index in [1.54, 1.807) is 6.92 Å². The minimum Gasteiger partial charge on any atom is -0.347 e. The molecule has 140 valence electrons. The Morgan fingerprint density at radius 2 is 2.12 bits per heavy atom. The molecule has 1 aromatic heterocycles. The lowest BCUT2D eigenvalue weighted by atomic mass is 9.99. The monoisotopic (exact) mass is 378 g/mol. The predicted molar refractivity (Wildman–Crippen MR) is 95.3 cm³/mol. The molecular formula is C17H22N4O4S. The summed E-state index contributed by atoms with van der Waals surface area (Å²) in [5.74, 6) is 0.270. The van der Waals surface area contributed by atoms with Gasteiger partial charge >= 0.3 is 0 Å². The van der Waals surface area contributed by atoms with Gasteiger partial charge in [0.2, 0.25) is 27.6 Å². The Kier molecular flexibility index (Phi) is 5.67. The van der Waals surface area contributed by atoms with Crippen LogP contribution in [-0.2, 0) is 21.4 Å². The number of hydrogen-bond acceptors (Lipinski definition) is 6. The molecule has 1 aliphatic rings. The molecule has 1 saturated heterocycles. The van der Waals surface area contributed by atoms with Crippen LogP contribution in [0.1, 0.15) is 25.7 Å². The van der Waals surface area contributed by atoms with Crippen LogP contribution in [0.15, 0.2) is 34.9 Å². The summed E-state index contributed by atoms with van der Waals surface area (Å²) in [6, 6.07) is 9.41.